The summed E-state index contributed by atoms with van der Waals surface area (Å²) in [6.07, 6.45) is 14.5. The molecule has 1 unspecified atom stereocenters. The maximum atomic E-state index is 13.2. The topological polar surface area (TPSA) is 72.9 Å². The molecule has 214 valence electrons. The highest BCUT2D eigenvalue weighted by molar-refractivity contribution is 5.95. The fourth-order valence-corrected chi connectivity index (χ4v) is 7.28. The van der Waals surface area contributed by atoms with E-state index in [0.717, 1.165) is 12.0 Å². The van der Waals surface area contributed by atoms with Crippen LogP contribution in [0.4, 0.5) is 5.69 Å². The maximum Gasteiger partial charge on any atom is 0.254 e. The van der Waals surface area contributed by atoms with Crippen molar-refractivity contribution in [2.24, 2.45) is 5.41 Å². The smallest absolute Gasteiger partial charge is 0.254 e. The first-order chi connectivity index (χ1) is 19.4. The fraction of sp³-hybridized carbons (Fsp3) is 0.588. The van der Waals surface area contributed by atoms with E-state index in [1.54, 1.807) is 4.90 Å². The van der Waals surface area contributed by atoms with Gasteiger partial charge in [0.05, 0.1) is 0 Å². The minimum Gasteiger partial charge on any atom is -0.382 e. The Hall–Kier alpha value is -2.86. The summed E-state index contributed by atoms with van der Waals surface area (Å²) in [4.78, 5) is 29.1. The standard InChI is InChI=1S/C34H45N3O3/c1-25-33(15-7-5-3-2-4-6-8-16-33)24-29-23-28(13-14-30(29)35-25)26-9-11-27(12-10-26)31(38)36-19-21-37(22-20-36)32(39)34(40)17-18-34/h9-14,23,25,35,40H,2-8,15-22,24H2,1H3. The number of benzene rings is 2. The molecule has 2 amide bonds. The zero-order valence-corrected chi connectivity index (χ0v) is 24.1. The molecule has 1 saturated heterocycles. The van der Waals surface area contributed by atoms with Gasteiger partial charge in [0.15, 0.2) is 0 Å². The molecule has 1 atom stereocenters. The number of hydrogen-bond donors (Lipinski definition) is 2. The summed E-state index contributed by atoms with van der Waals surface area (Å²) in [6, 6.07) is 15.3. The Kier molecular flexibility index (Phi) is 7.64. The van der Waals surface area contributed by atoms with Gasteiger partial charge in [-0.1, -0.05) is 63.1 Å². The summed E-state index contributed by atoms with van der Waals surface area (Å²) in [5.41, 5.74) is 4.91. The van der Waals surface area contributed by atoms with E-state index in [9.17, 15) is 14.7 Å². The zero-order valence-electron chi connectivity index (χ0n) is 24.1. The normalized spacial score (nSPS) is 24.1. The van der Waals surface area contributed by atoms with Crippen molar-refractivity contribution in [3.63, 3.8) is 0 Å². The van der Waals surface area contributed by atoms with Crippen molar-refractivity contribution < 1.29 is 14.7 Å². The summed E-state index contributed by atoms with van der Waals surface area (Å²) in [5.74, 6) is -0.171. The van der Waals surface area contributed by atoms with Crippen molar-refractivity contribution >= 4 is 17.5 Å². The molecule has 0 radical (unpaired) electrons. The van der Waals surface area contributed by atoms with Crippen molar-refractivity contribution in [3.05, 3.63) is 53.6 Å². The molecule has 0 bridgehead atoms. The van der Waals surface area contributed by atoms with Gasteiger partial charge < -0.3 is 20.2 Å². The molecule has 40 heavy (non-hydrogen) atoms. The van der Waals surface area contributed by atoms with Crippen molar-refractivity contribution in [2.75, 3.05) is 31.5 Å². The molecule has 2 aromatic carbocycles. The quantitative estimate of drug-likeness (QED) is 0.496. The molecule has 6 heteroatoms. The number of hydrogen-bond acceptors (Lipinski definition) is 4. The second-order valence-electron chi connectivity index (χ2n) is 12.9. The molecular formula is C34H45N3O3. The third-order valence-electron chi connectivity index (χ3n) is 10.2. The van der Waals surface area contributed by atoms with E-state index in [1.807, 2.05) is 17.0 Å². The molecular weight excluding hydrogens is 498 g/mol. The van der Waals surface area contributed by atoms with Crippen molar-refractivity contribution in [1.82, 2.24) is 9.80 Å². The van der Waals surface area contributed by atoms with Crippen LogP contribution in [-0.4, -0.2) is 64.5 Å². The molecule has 1 spiro atoms. The molecule has 6 rings (SSSR count). The molecule has 6 nitrogen and oxygen atoms in total. The molecule has 2 aliphatic heterocycles. The highest BCUT2D eigenvalue weighted by Gasteiger charge is 2.50. The van der Waals surface area contributed by atoms with Crippen LogP contribution >= 0.6 is 0 Å². The van der Waals surface area contributed by atoms with Gasteiger partial charge >= 0.3 is 0 Å². The molecule has 4 aliphatic rings. The van der Waals surface area contributed by atoms with E-state index in [4.69, 9.17) is 0 Å². The van der Waals surface area contributed by atoms with Gasteiger partial charge in [-0.15, -0.1) is 0 Å². The third-order valence-corrected chi connectivity index (χ3v) is 10.2. The van der Waals surface area contributed by atoms with E-state index in [1.165, 1.54) is 74.6 Å². The highest BCUT2D eigenvalue weighted by Crippen LogP contribution is 2.46. The van der Waals surface area contributed by atoms with Gasteiger partial charge in [0, 0.05) is 43.5 Å². The largest absolute Gasteiger partial charge is 0.382 e. The Balaban J connectivity index is 1.12. The lowest BCUT2D eigenvalue weighted by Gasteiger charge is -2.45. The number of aliphatic hydroxyl groups is 1. The van der Waals surface area contributed by atoms with E-state index in [2.05, 4.69) is 42.6 Å². The number of nitrogens with zero attached hydrogens (tertiary/aromatic N) is 2. The summed E-state index contributed by atoms with van der Waals surface area (Å²) < 4.78 is 0. The average molecular weight is 544 g/mol. The van der Waals surface area contributed by atoms with Gasteiger partial charge in [-0.25, -0.2) is 0 Å². The van der Waals surface area contributed by atoms with Gasteiger partial charge in [-0.2, -0.15) is 0 Å². The predicted octanol–water partition coefficient (Wildman–Crippen LogP) is 6.03. The predicted molar refractivity (Wildman–Crippen MR) is 159 cm³/mol. The number of amides is 2. The lowest BCUT2D eigenvalue weighted by molar-refractivity contribution is -0.143. The molecule has 0 aromatic heterocycles. The van der Waals surface area contributed by atoms with E-state index in [0.29, 0.717) is 56.0 Å². The van der Waals surface area contributed by atoms with Crippen molar-refractivity contribution in [1.29, 1.82) is 0 Å². The van der Waals surface area contributed by atoms with Crippen LogP contribution in [0.25, 0.3) is 11.1 Å². The van der Waals surface area contributed by atoms with Crippen molar-refractivity contribution in [2.45, 2.75) is 95.6 Å². The number of nitrogens with one attached hydrogen (secondary N) is 1. The second-order valence-corrected chi connectivity index (χ2v) is 12.9. The Morgan fingerprint density at radius 2 is 1.35 bits per heavy atom. The van der Waals surface area contributed by atoms with E-state index < -0.39 is 5.60 Å². The van der Waals surface area contributed by atoms with Gasteiger partial charge in [0.1, 0.15) is 5.60 Å². The van der Waals surface area contributed by atoms with Crippen LogP contribution in [0.2, 0.25) is 0 Å². The van der Waals surface area contributed by atoms with Crippen LogP contribution in [0.3, 0.4) is 0 Å². The van der Waals surface area contributed by atoms with Crippen LogP contribution in [0.1, 0.15) is 93.5 Å². The Bertz CT molecular complexity index is 1220. The van der Waals surface area contributed by atoms with Crippen LogP contribution in [0.15, 0.2) is 42.5 Å². The number of anilines is 1. The van der Waals surface area contributed by atoms with Crippen LogP contribution < -0.4 is 5.32 Å². The monoisotopic (exact) mass is 543 g/mol. The number of carbonyl (C=O) groups is 2. The van der Waals surface area contributed by atoms with Crippen LogP contribution in [0, 0.1) is 5.41 Å². The fourth-order valence-electron chi connectivity index (χ4n) is 7.28. The first-order valence-corrected chi connectivity index (χ1v) is 15.7. The zero-order chi connectivity index (χ0) is 27.7. The molecule has 2 heterocycles. The van der Waals surface area contributed by atoms with Gasteiger partial charge in [-0.05, 0) is 85.4 Å². The van der Waals surface area contributed by atoms with Crippen molar-refractivity contribution in [3.8, 4) is 11.1 Å². The number of fused-ring (bicyclic) bond motifs is 1. The van der Waals surface area contributed by atoms with Gasteiger partial charge in [-0.3, -0.25) is 9.59 Å². The molecule has 2 aliphatic carbocycles. The number of rotatable bonds is 3. The highest BCUT2D eigenvalue weighted by atomic mass is 16.3. The van der Waals surface area contributed by atoms with Crippen LogP contribution in [0.5, 0.6) is 0 Å². The summed E-state index contributed by atoms with van der Waals surface area (Å²) >= 11 is 0. The minimum absolute atomic E-state index is 0.00496. The van der Waals surface area contributed by atoms with Crippen LogP contribution in [-0.2, 0) is 11.2 Å². The maximum absolute atomic E-state index is 13.2. The molecule has 3 fully saturated rings. The Morgan fingerprint density at radius 3 is 1.98 bits per heavy atom. The molecule has 2 saturated carbocycles. The Labute approximate surface area is 239 Å². The SMILES string of the molecule is CC1Nc2ccc(-c3ccc(C(=O)N4CCN(C(=O)C5(O)CC5)CC4)cc3)cc2CC12CCCCCCCCC2. The summed E-state index contributed by atoms with van der Waals surface area (Å²) in [7, 11) is 0. The first-order valence-electron chi connectivity index (χ1n) is 15.7. The Morgan fingerprint density at radius 1 is 0.775 bits per heavy atom. The third kappa shape index (κ3) is 5.52. The summed E-state index contributed by atoms with van der Waals surface area (Å²) in [5, 5.41) is 14.0. The summed E-state index contributed by atoms with van der Waals surface area (Å²) in [6.45, 7) is 4.36. The van der Waals surface area contributed by atoms with E-state index >= 15 is 0 Å². The minimum atomic E-state index is -1.14. The van der Waals surface area contributed by atoms with Gasteiger partial charge in [0.2, 0.25) is 0 Å². The second kappa shape index (κ2) is 11.2. The lowest BCUT2D eigenvalue weighted by atomic mass is 9.66. The van der Waals surface area contributed by atoms with E-state index in [-0.39, 0.29) is 11.8 Å². The lowest BCUT2D eigenvalue weighted by Crippen LogP contribution is -2.53. The number of piperazine rings is 1. The first kappa shape index (κ1) is 27.3. The average Bonchev–Trinajstić information content (AvgIpc) is 3.74. The van der Waals surface area contributed by atoms with Gasteiger partial charge in [0.25, 0.3) is 11.8 Å². The molecule has 2 N–H and O–H groups in total. The number of carbonyl (C=O) groups excluding carboxylic acids is 2. The molecule has 2 aromatic rings.